The van der Waals surface area contributed by atoms with Crippen molar-refractivity contribution in [1.29, 1.82) is 0 Å². The Labute approximate surface area is 296 Å². The average molecular weight is 676 g/mol. The topological polar surface area (TPSA) is 92.7 Å². The normalized spacial score (nSPS) is 12.2. The molecule has 0 aromatic rings. The summed E-state index contributed by atoms with van der Waals surface area (Å²) in [4.78, 5) is 34.9. The largest absolute Gasteiger partial charge is 0.480 e. The molecule has 0 saturated carbocycles. The summed E-state index contributed by atoms with van der Waals surface area (Å²) in [5, 5.41) is 11.1. The minimum Gasteiger partial charge on any atom is -0.480 e. The Kier molecular flexibility index (Phi) is 36.0. The van der Waals surface area contributed by atoms with E-state index in [2.05, 4.69) is 43.5 Å². The Morgan fingerprint density at radius 1 is 0.542 bits per heavy atom. The lowest BCUT2D eigenvalue weighted by molar-refractivity contribution is -0.150. The second-order valence-corrected chi connectivity index (χ2v) is 13.9. The lowest BCUT2D eigenvalue weighted by atomic mass is 10.0. The van der Waals surface area contributed by atoms with Gasteiger partial charge in [0.05, 0.1) is 0 Å². The van der Waals surface area contributed by atoms with E-state index in [-0.39, 0.29) is 24.5 Å². The van der Waals surface area contributed by atoms with Crippen LogP contribution < -0.4 is 5.32 Å². The van der Waals surface area contributed by atoms with Crippen molar-refractivity contribution < 1.29 is 24.2 Å². The van der Waals surface area contributed by atoms with E-state index in [4.69, 9.17) is 9.84 Å². The zero-order valence-corrected chi connectivity index (χ0v) is 31.6. The number of esters is 1. The first-order valence-electron chi connectivity index (χ1n) is 20.5. The fourth-order valence-corrected chi connectivity index (χ4v) is 6.08. The summed E-state index contributed by atoms with van der Waals surface area (Å²) in [5.74, 6) is -1.25. The van der Waals surface area contributed by atoms with Gasteiger partial charge in [-0.3, -0.25) is 14.4 Å². The predicted molar refractivity (Wildman–Crippen MR) is 203 cm³/mol. The highest BCUT2D eigenvalue weighted by molar-refractivity contribution is 5.80. The summed E-state index contributed by atoms with van der Waals surface area (Å²) in [6.07, 6.45) is 44.4. The number of aliphatic carboxylic acids is 1. The van der Waals surface area contributed by atoms with Gasteiger partial charge in [0.2, 0.25) is 5.91 Å². The van der Waals surface area contributed by atoms with Crippen LogP contribution in [-0.4, -0.2) is 35.6 Å². The van der Waals surface area contributed by atoms with Crippen LogP contribution in [0.5, 0.6) is 0 Å². The van der Waals surface area contributed by atoms with Gasteiger partial charge in [-0.15, -0.1) is 0 Å². The average Bonchev–Trinajstić information content (AvgIpc) is 3.07. The highest BCUT2D eigenvalue weighted by atomic mass is 16.5. The number of carbonyl (C=O) groups is 3. The minimum absolute atomic E-state index is 0.0116. The Hall–Kier alpha value is -2.11. The Balaban J connectivity index is 4.18. The summed E-state index contributed by atoms with van der Waals surface area (Å²) >= 11 is 0. The Bertz CT molecular complexity index is 793. The number of carbonyl (C=O) groups excluding carboxylic acids is 2. The molecule has 0 rings (SSSR count). The molecule has 1 unspecified atom stereocenters. The molecule has 280 valence electrons. The molecule has 0 spiro atoms. The van der Waals surface area contributed by atoms with Crippen LogP contribution in [0.4, 0.5) is 0 Å². The molecule has 0 aromatic carbocycles. The monoisotopic (exact) mass is 676 g/mol. The molecule has 0 aliphatic rings. The van der Waals surface area contributed by atoms with Gasteiger partial charge in [0, 0.05) is 12.8 Å². The van der Waals surface area contributed by atoms with Crippen LogP contribution in [0, 0.1) is 0 Å². The number of rotatable bonds is 37. The number of hydrogen-bond acceptors (Lipinski definition) is 4. The maximum absolute atomic E-state index is 12.7. The summed E-state index contributed by atoms with van der Waals surface area (Å²) in [6, 6.07) is 0. The minimum atomic E-state index is -1.02. The summed E-state index contributed by atoms with van der Waals surface area (Å²) in [7, 11) is 0. The third kappa shape index (κ3) is 36.7. The molecular weight excluding hydrogens is 598 g/mol. The van der Waals surface area contributed by atoms with Crippen molar-refractivity contribution >= 4 is 17.8 Å². The fourth-order valence-electron chi connectivity index (χ4n) is 6.08. The van der Waals surface area contributed by atoms with Gasteiger partial charge in [-0.05, 0) is 64.2 Å². The molecule has 0 bridgehead atoms. The molecular formula is C42H77NO5. The van der Waals surface area contributed by atoms with E-state index in [1.54, 1.807) is 0 Å². The first kappa shape index (κ1) is 45.9. The van der Waals surface area contributed by atoms with Crippen LogP contribution in [0.15, 0.2) is 24.3 Å². The molecule has 0 saturated heterocycles. The van der Waals surface area contributed by atoms with Crippen molar-refractivity contribution in [3.63, 3.8) is 0 Å². The molecule has 0 radical (unpaired) electrons. The van der Waals surface area contributed by atoms with Gasteiger partial charge in [-0.1, -0.05) is 160 Å². The molecule has 1 atom stereocenters. The second kappa shape index (κ2) is 37.7. The molecule has 6 nitrogen and oxygen atoms in total. The number of amides is 1. The van der Waals surface area contributed by atoms with Gasteiger partial charge < -0.3 is 15.2 Å². The van der Waals surface area contributed by atoms with Gasteiger partial charge in [-0.2, -0.15) is 0 Å². The molecule has 0 aromatic heterocycles. The summed E-state index contributed by atoms with van der Waals surface area (Å²) < 4.78 is 5.99. The zero-order valence-electron chi connectivity index (χ0n) is 31.6. The summed E-state index contributed by atoms with van der Waals surface area (Å²) in [6.45, 7) is 4.20. The Morgan fingerprint density at radius 3 is 1.52 bits per heavy atom. The molecule has 1 amide bonds. The number of carboxylic acids is 1. The number of carboxylic acid groups (broad SMARTS) is 1. The standard InChI is InChI=1S/C42H77NO5/c1-3-5-7-9-11-13-15-16-17-18-20-22-24-29-33-37-42(47)48-39(34-30-26-23-21-19-14-12-10-8-6-4-2)35-31-27-25-28-32-36-40(44)43-38-41(45)46/h12,14,21,23,39H,3-11,13,15-20,22,24-38H2,1-2H3,(H,43,44)(H,45,46)/b14-12-,23-21-. The predicted octanol–water partition coefficient (Wildman–Crippen LogP) is 12.3. The van der Waals surface area contributed by atoms with Crippen molar-refractivity contribution in [2.24, 2.45) is 0 Å². The molecule has 6 heteroatoms. The lowest BCUT2D eigenvalue weighted by Crippen LogP contribution is -2.28. The van der Waals surface area contributed by atoms with Crippen molar-refractivity contribution in [1.82, 2.24) is 5.32 Å². The Morgan fingerprint density at radius 2 is 0.979 bits per heavy atom. The van der Waals surface area contributed by atoms with Crippen molar-refractivity contribution in [2.75, 3.05) is 6.54 Å². The number of nitrogens with one attached hydrogen (secondary N) is 1. The third-order valence-electron chi connectivity index (χ3n) is 9.13. The van der Waals surface area contributed by atoms with Crippen molar-refractivity contribution in [3.8, 4) is 0 Å². The SMILES string of the molecule is CCCCC/C=C\C/C=C\CCCC(CCCCCCCC(=O)NCC(=O)O)OC(=O)CCCCCCCCCCCCCCCCC. The maximum atomic E-state index is 12.7. The quantitative estimate of drug-likeness (QED) is 0.0388. The van der Waals surface area contributed by atoms with Crippen molar-refractivity contribution in [2.45, 2.75) is 219 Å². The van der Waals surface area contributed by atoms with E-state index >= 15 is 0 Å². The third-order valence-corrected chi connectivity index (χ3v) is 9.13. The van der Waals surface area contributed by atoms with E-state index in [0.29, 0.717) is 12.8 Å². The first-order valence-corrected chi connectivity index (χ1v) is 20.5. The lowest BCUT2D eigenvalue weighted by Gasteiger charge is -2.18. The zero-order chi connectivity index (χ0) is 35.2. The summed E-state index contributed by atoms with van der Waals surface area (Å²) in [5.41, 5.74) is 0. The van der Waals surface area contributed by atoms with Crippen molar-refractivity contribution in [3.05, 3.63) is 24.3 Å². The van der Waals surface area contributed by atoms with Gasteiger partial charge in [0.15, 0.2) is 0 Å². The van der Waals surface area contributed by atoms with Gasteiger partial charge in [0.25, 0.3) is 0 Å². The van der Waals surface area contributed by atoms with Crippen LogP contribution in [0.3, 0.4) is 0 Å². The molecule has 0 aliphatic carbocycles. The number of hydrogen-bond donors (Lipinski definition) is 2. The van der Waals surface area contributed by atoms with E-state index in [1.165, 1.54) is 109 Å². The van der Waals surface area contributed by atoms with Crippen LogP contribution >= 0.6 is 0 Å². The smallest absolute Gasteiger partial charge is 0.322 e. The molecule has 2 N–H and O–H groups in total. The number of ether oxygens (including phenoxy) is 1. The van der Waals surface area contributed by atoms with Crippen LogP contribution in [-0.2, 0) is 19.1 Å². The molecule has 48 heavy (non-hydrogen) atoms. The highest BCUT2D eigenvalue weighted by Gasteiger charge is 2.14. The van der Waals surface area contributed by atoms with Crippen LogP contribution in [0.25, 0.3) is 0 Å². The van der Waals surface area contributed by atoms with Gasteiger partial charge >= 0.3 is 11.9 Å². The molecule has 0 aliphatic heterocycles. The van der Waals surface area contributed by atoms with E-state index < -0.39 is 5.97 Å². The fraction of sp³-hybridized carbons (Fsp3) is 0.833. The second-order valence-electron chi connectivity index (χ2n) is 13.9. The van der Waals surface area contributed by atoms with E-state index in [0.717, 1.165) is 77.0 Å². The highest BCUT2D eigenvalue weighted by Crippen LogP contribution is 2.18. The first-order chi connectivity index (χ1) is 23.5. The van der Waals surface area contributed by atoms with Gasteiger partial charge in [-0.25, -0.2) is 0 Å². The number of allylic oxidation sites excluding steroid dienone is 4. The van der Waals surface area contributed by atoms with E-state index in [1.807, 2.05) is 0 Å². The molecule has 0 fully saturated rings. The maximum Gasteiger partial charge on any atom is 0.322 e. The van der Waals surface area contributed by atoms with Gasteiger partial charge in [0.1, 0.15) is 12.6 Å². The number of unbranched alkanes of at least 4 members (excludes halogenated alkanes) is 22. The molecule has 0 heterocycles. The van der Waals surface area contributed by atoms with E-state index in [9.17, 15) is 14.4 Å². The van der Waals surface area contributed by atoms with Crippen LogP contribution in [0.2, 0.25) is 0 Å². The van der Waals surface area contributed by atoms with Crippen LogP contribution in [0.1, 0.15) is 213 Å².